The van der Waals surface area contributed by atoms with Gasteiger partial charge in [-0.25, -0.2) is 0 Å². The van der Waals surface area contributed by atoms with E-state index in [9.17, 15) is 14.8 Å². The van der Waals surface area contributed by atoms with Gasteiger partial charge in [0.25, 0.3) is 11.8 Å². The molecule has 2 heterocycles. The van der Waals surface area contributed by atoms with Gasteiger partial charge in [0.2, 0.25) is 0 Å². The van der Waals surface area contributed by atoms with Crippen LogP contribution in [0.4, 0.5) is 0 Å². The van der Waals surface area contributed by atoms with Crippen molar-refractivity contribution in [3.8, 4) is 0 Å². The molecule has 102 valence electrons. The van der Waals surface area contributed by atoms with Crippen LogP contribution in [0.25, 0.3) is 0 Å². The first-order chi connectivity index (χ1) is 8.15. The van der Waals surface area contributed by atoms with E-state index in [-0.39, 0.29) is 22.9 Å². The minimum Gasteiger partial charge on any atom is -0.313 e. The van der Waals surface area contributed by atoms with E-state index in [0.29, 0.717) is 0 Å². The maximum atomic E-state index is 10.0. The van der Waals surface area contributed by atoms with Gasteiger partial charge in [-0.2, -0.15) is 5.06 Å². The highest BCUT2D eigenvalue weighted by Crippen LogP contribution is 2.35. The van der Waals surface area contributed by atoms with Crippen molar-refractivity contribution >= 4 is 11.8 Å². The van der Waals surface area contributed by atoms with Crippen LogP contribution in [0.5, 0.6) is 0 Å². The van der Waals surface area contributed by atoms with Crippen LogP contribution < -0.4 is 5.32 Å². The van der Waals surface area contributed by atoms with Crippen LogP contribution in [0.1, 0.15) is 47.0 Å². The van der Waals surface area contributed by atoms with Crippen LogP contribution in [-0.4, -0.2) is 33.2 Å². The van der Waals surface area contributed by atoms with Crippen LogP contribution in [0.15, 0.2) is 12.2 Å². The summed E-state index contributed by atoms with van der Waals surface area (Å²) in [6, 6.07) is 0. The molecule has 2 rings (SSSR count). The second kappa shape index (κ2) is 5.20. The zero-order valence-electron chi connectivity index (χ0n) is 11.5. The van der Waals surface area contributed by atoms with Crippen LogP contribution >= 0.6 is 0 Å². The average Bonchev–Trinajstić information content (AvgIpc) is 2.60. The van der Waals surface area contributed by atoms with Crippen molar-refractivity contribution in [3.63, 3.8) is 0 Å². The Hall–Kier alpha value is -1.20. The molecule has 0 unspecified atom stereocenters. The molecule has 2 aliphatic heterocycles. The highest BCUT2D eigenvalue weighted by atomic mass is 16.5. The molecule has 18 heavy (non-hydrogen) atoms. The predicted octanol–water partition coefficient (Wildman–Crippen LogP) is 1.62. The largest absolute Gasteiger partial charge is 0.313 e. The standard InChI is InChI=1S/C9H19NO.C4H3NO2/c1-8(2)6-5-7-9(3,4)10(8)11;6-3-1-2-4(7)5-3/h11H,5-7H2,1-4H3;1-2H,(H,5,6,7). The van der Waals surface area contributed by atoms with Crippen LogP contribution in [0, 0.1) is 0 Å². The number of carbonyl (C=O) groups is 2. The van der Waals surface area contributed by atoms with Gasteiger partial charge in [-0.05, 0) is 47.0 Å². The van der Waals surface area contributed by atoms with E-state index in [1.807, 2.05) is 5.32 Å². The van der Waals surface area contributed by atoms with Crippen molar-refractivity contribution in [3.05, 3.63) is 12.2 Å². The van der Waals surface area contributed by atoms with E-state index in [0.717, 1.165) is 12.8 Å². The number of piperidine rings is 1. The molecule has 0 aliphatic carbocycles. The minimum atomic E-state index is -0.329. The second-order valence-electron chi connectivity index (χ2n) is 5.98. The maximum absolute atomic E-state index is 10.0. The third-order valence-electron chi connectivity index (χ3n) is 3.36. The molecule has 1 fully saturated rings. The Morgan fingerprint density at radius 3 is 1.67 bits per heavy atom. The van der Waals surface area contributed by atoms with Gasteiger partial charge in [0.1, 0.15) is 0 Å². The summed E-state index contributed by atoms with van der Waals surface area (Å²) in [7, 11) is 0. The van der Waals surface area contributed by atoms with Crippen LogP contribution in [0.2, 0.25) is 0 Å². The van der Waals surface area contributed by atoms with Crippen molar-refractivity contribution in [2.45, 2.75) is 58.0 Å². The quantitative estimate of drug-likeness (QED) is 0.644. The number of amides is 2. The molecule has 0 spiro atoms. The number of hydrogen-bond acceptors (Lipinski definition) is 4. The average molecular weight is 254 g/mol. The Kier molecular flexibility index (Phi) is 4.29. The first-order valence-corrected chi connectivity index (χ1v) is 6.17. The zero-order chi connectivity index (χ0) is 14.0. The lowest BCUT2D eigenvalue weighted by molar-refractivity contribution is -0.241. The van der Waals surface area contributed by atoms with Crippen molar-refractivity contribution in [1.29, 1.82) is 0 Å². The molecule has 0 atom stereocenters. The van der Waals surface area contributed by atoms with Gasteiger partial charge in [-0.3, -0.25) is 14.9 Å². The Bertz CT molecular complexity index is 340. The molecule has 5 heteroatoms. The Morgan fingerprint density at radius 1 is 1.06 bits per heavy atom. The molecule has 2 amide bonds. The van der Waals surface area contributed by atoms with Crippen LogP contribution in [-0.2, 0) is 9.59 Å². The van der Waals surface area contributed by atoms with Gasteiger partial charge >= 0.3 is 0 Å². The van der Waals surface area contributed by atoms with E-state index in [1.54, 1.807) is 0 Å². The number of imide groups is 1. The molecule has 0 saturated carbocycles. The van der Waals surface area contributed by atoms with Gasteiger partial charge in [-0.1, -0.05) is 0 Å². The number of hydrogen-bond donors (Lipinski definition) is 2. The van der Waals surface area contributed by atoms with E-state index in [2.05, 4.69) is 27.7 Å². The summed E-state index contributed by atoms with van der Waals surface area (Å²) < 4.78 is 0. The maximum Gasteiger partial charge on any atom is 0.250 e. The molecule has 0 aromatic heterocycles. The number of carbonyl (C=O) groups excluding carboxylic acids is 2. The van der Waals surface area contributed by atoms with E-state index < -0.39 is 0 Å². The summed E-state index contributed by atoms with van der Waals surface area (Å²) in [5.74, 6) is -0.657. The molecule has 5 nitrogen and oxygen atoms in total. The fraction of sp³-hybridized carbons (Fsp3) is 0.692. The Balaban J connectivity index is 0.000000199. The second-order valence-corrected chi connectivity index (χ2v) is 5.98. The van der Waals surface area contributed by atoms with Gasteiger partial charge in [-0.15, -0.1) is 0 Å². The smallest absolute Gasteiger partial charge is 0.250 e. The first-order valence-electron chi connectivity index (χ1n) is 6.17. The third kappa shape index (κ3) is 3.65. The Labute approximate surface area is 108 Å². The third-order valence-corrected chi connectivity index (χ3v) is 3.36. The highest BCUT2D eigenvalue weighted by Gasteiger charge is 2.40. The molecule has 0 bridgehead atoms. The van der Waals surface area contributed by atoms with E-state index in [4.69, 9.17) is 0 Å². The van der Waals surface area contributed by atoms with Gasteiger partial charge in [0.05, 0.1) is 0 Å². The lowest BCUT2D eigenvalue weighted by Crippen LogP contribution is -2.56. The van der Waals surface area contributed by atoms with Crippen molar-refractivity contribution in [2.75, 3.05) is 0 Å². The van der Waals surface area contributed by atoms with E-state index in [1.165, 1.54) is 23.6 Å². The summed E-state index contributed by atoms with van der Waals surface area (Å²) in [6.07, 6.45) is 5.79. The molecular formula is C13H22N2O3. The highest BCUT2D eigenvalue weighted by molar-refractivity contribution is 6.12. The van der Waals surface area contributed by atoms with Crippen molar-refractivity contribution in [2.24, 2.45) is 0 Å². The summed E-state index contributed by atoms with van der Waals surface area (Å²) in [5.41, 5.74) is -0.0799. The molecule has 2 N–H and O–H groups in total. The molecule has 0 radical (unpaired) electrons. The number of nitrogens with one attached hydrogen (secondary N) is 1. The summed E-state index contributed by atoms with van der Waals surface area (Å²) in [5, 5.41) is 13.3. The van der Waals surface area contributed by atoms with Gasteiger partial charge in [0, 0.05) is 23.2 Å². The summed E-state index contributed by atoms with van der Waals surface area (Å²) >= 11 is 0. The van der Waals surface area contributed by atoms with Crippen molar-refractivity contribution in [1.82, 2.24) is 10.4 Å². The fourth-order valence-corrected chi connectivity index (χ4v) is 2.34. The fourth-order valence-electron chi connectivity index (χ4n) is 2.34. The summed E-state index contributed by atoms with van der Waals surface area (Å²) in [4.78, 5) is 20.1. The lowest BCUT2D eigenvalue weighted by atomic mass is 9.82. The van der Waals surface area contributed by atoms with Crippen molar-refractivity contribution < 1.29 is 14.8 Å². The minimum absolute atomic E-state index is 0.0399. The van der Waals surface area contributed by atoms with Gasteiger partial charge < -0.3 is 5.21 Å². The normalized spacial score (nSPS) is 25.4. The lowest BCUT2D eigenvalue weighted by Gasteiger charge is -2.48. The monoisotopic (exact) mass is 254 g/mol. The number of nitrogens with zero attached hydrogens (tertiary/aromatic N) is 1. The van der Waals surface area contributed by atoms with E-state index >= 15 is 0 Å². The topological polar surface area (TPSA) is 69.6 Å². The van der Waals surface area contributed by atoms with Crippen LogP contribution in [0.3, 0.4) is 0 Å². The van der Waals surface area contributed by atoms with Gasteiger partial charge in [0.15, 0.2) is 0 Å². The molecule has 0 aromatic rings. The number of rotatable bonds is 0. The first kappa shape index (κ1) is 14.9. The molecule has 1 saturated heterocycles. The molecular weight excluding hydrogens is 232 g/mol. The predicted molar refractivity (Wildman–Crippen MR) is 67.9 cm³/mol. The molecule has 0 aromatic carbocycles. The zero-order valence-corrected chi connectivity index (χ0v) is 11.5. The SMILES string of the molecule is CC1(C)CCCC(C)(C)N1O.O=C1C=CC(=O)N1. The summed E-state index contributed by atoms with van der Waals surface area (Å²) in [6.45, 7) is 8.36. The Morgan fingerprint density at radius 2 is 1.44 bits per heavy atom. The molecule has 2 aliphatic rings. The number of hydroxylamine groups is 2.